The Morgan fingerprint density at radius 1 is 1.07 bits per heavy atom. The minimum Gasteiger partial charge on any atom is -0.494 e. The molecule has 2 N–H and O–H groups in total. The molecule has 154 valence electrons. The molecule has 0 aliphatic rings. The van der Waals surface area contributed by atoms with Crippen molar-refractivity contribution in [3.63, 3.8) is 0 Å². The van der Waals surface area contributed by atoms with Gasteiger partial charge in [0, 0.05) is 5.56 Å². The van der Waals surface area contributed by atoms with Crippen molar-refractivity contribution in [3.05, 3.63) is 58.1 Å². The maximum Gasteiger partial charge on any atom is 0.325 e. The lowest BCUT2D eigenvalue weighted by Crippen LogP contribution is -2.32. The van der Waals surface area contributed by atoms with Gasteiger partial charge in [0.1, 0.15) is 12.3 Å². The standard InChI is InChI=1S/C21H23ClN2O5/c1-4-28-16-7-5-15(6-8-16)21(27)23-11-19(26)29-12-18(25)24-20-14(3)9-13(2)10-17(20)22/h5-10H,4,11-12H2,1-3H3,(H,23,27)(H,24,25). The van der Waals surface area contributed by atoms with Gasteiger partial charge in [-0.2, -0.15) is 0 Å². The Hall–Kier alpha value is -3.06. The van der Waals surface area contributed by atoms with Crippen LogP contribution in [0.1, 0.15) is 28.4 Å². The van der Waals surface area contributed by atoms with Crippen molar-refractivity contribution in [1.82, 2.24) is 5.32 Å². The average molecular weight is 419 g/mol. The molecule has 0 aromatic heterocycles. The Morgan fingerprint density at radius 3 is 2.38 bits per heavy atom. The molecule has 2 aromatic rings. The van der Waals surface area contributed by atoms with Crippen LogP contribution in [0.5, 0.6) is 5.75 Å². The Balaban J connectivity index is 1.78. The highest BCUT2D eigenvalue weighted by Gasteiger charge is 2.13. The van der Waals surface area contributed by atoms with Crippen molar-refractivity contribution < 1.29 is 23.9 Å². The third-order valence-electron chi connectivity index (χ3n) is 3.88. The zero-order valence-corrected chi connectivity index (χ0v) is 17.3. The molecule has 0 unspecified atom stereocenters. The molecule has 2 aromatic carbocycles. The normalized spacial score (nSPS) is 10.2. The molecule has 0 fully saturated rings. The lowest BCUT2D eigenvalue weighted by Gasteiger charge is -2.12. The number of nitrogens with one attached hydrogen (secondary N) is 2. The first-order valence-electron chi connectivity index (χ1n) is 9.03. The van der Waals surface area contributed by atoms with Gasteiger partial charge in [-0.3, -0.25) is 14.4 Å². The molecule has 8 heteroatoms. The van der Waals surface area contributed by atoms with E-state index in [2.05, 4.69) is 10.6 Å². The summed E-state index contributed by atoms with van der Waals surface area (Å²) in [4.78, 5) is 35.8. The van der Waals surface area contributed by atoms with Crippen molar-refractivity contribution >= 4 is 35.1 Å². The summed E-state index contributed by atoms with van der Waals surface area (Å²) >= 11 is 6.13. The molecule has 0 spiro atoms. The minimum atomic E-state index is -0.730. The zero-order chi connectivity index (χ0) is 21.4. The van der Waals surface area contributed by atoms with E-state index >= 15 is 0 Å². The summed E-state index contributed by atoms with van der Waals surface area (Å²) in [7, 11) is 0. The van der Waals surface area contributed by atoms with Crippen molar-refractivity contribution in [2.24, 2.45) is 0 Å². The number of aryl methyl sites for hydroxylation is 2. The van der Waals surface area contributed by atoms with Crippen LogP contribution < -0.4 is 15.4 Å². The van der Waals surface area contributed by atoms with Gasteiger partial charge in [-0.1, -0.05) is 17.7 Å². The number of anilines is 1. The first-order valence-corrected chi connectivity index (χ1v) is 9.41. The van der Waals surface area contributed by atoms with E-state index in [-0.39, 0.29) is 6.54 Å². The molecule has 2 amide bonds. The van der Waals surface area contributed by atoms with E-state index in [4.69, 9.17) is 21.1 Å². The van der Waals surface area contributed by atoms with Crippen LogP contribution >= 0.6 is 11.6 Å². The SMILES string of the molecule is CCOc1ccc(C(=O)NCC(=O)OCC(=O)Nc2c(C)cc(C)cc2Cl)cc1. The van der Waals surface area contributed by atoms with Crippen LogP contribution in [0.15, 0.2) is 36.4 Å². The van der Waals surface area contributed by atoms with E-state index in [1.165, 1.54) is 0 Å². The Bertz CT molecular complexity index is 873. The third-order valence-corrected chi connectivity index (χ3v) is 4.18. The Morgan fingerprint density at radius 2 is 1.76 bits per heavy atom. The van der Waals surface area contributed by atoms with Crippen molar-refractivity contribution in [2.45, 2.75) is 20.8 Å². The fraction of sp³-hybridized carbons (Fsp3) is 0.286. The van der Waals surface area contributed by atoms with Gasteiger partial charge in [0.2, 0.25) is 0 Å². The van der Waals surface area contributed by atoms with Crippen LogP contribution in [0, 0.1) is 13.8 Å². The first kappa shape index (κ1) is 22.2. The molecule has 0 aliphatic heterocycles. The molecule has 7 nitrogen and oxygen atoms in total. The Kier molecular flexibility index (Phi) is 8.03. The van der Waals surface area contributed by atoms with E-state index in [0.717, 1.165) is 11.1 Å². The number of ether oxygens (including phenoxy) is 2. The summed E-state index contributed by atoms with van der Waals surface area (Å²) in [6.07, 6.45) is 0. The molecule has 0 atom stereocenters. The lowest BCUT2D eigenvalue weighted by atomic mass is 10.1. The van der Waals surface area contributed by atoms with Gasteiger partial charge < -0.3 is 20.1 Å². The van der Waals surface area contributed by atoms with Crippen LogP contribution in [0.25, 0.3) is 0 Å². The van der Waals surface area contributed by atoms with E-state index in [1.807, 2.05) is 26.8 Å². The maximum atomic E-state index is 12.0. The highest BCUT2D eigenvalue weighted by Crippen LogP contribution is 2.27. The number of hydrogen-bond acceptors (Lipinski definition) is 5. The van der Waals surface area contributed by atoms with Gasteiger partial charge in [-0.05, 0) is 62.2 Å². The predicted molar refractivity (Wildman–Crippen MR) is 110 cm³/mol. The molecular weight excluding hydrogens is 396 g/mol. The van der Waals surface area contributed by atoms with Crippen LogP contribution in [0.2, 0.25) is 5.02 Å². The average Bonchev–Trinajstić information content (AvgIpc) is 2.68. The van der Waals surface area contributed by atoms with Gasteiger partial charge in [0.25, 0.3) is 11.8 Å². The summed E-state index contributed by atoms with van der Waals surface area (Å²) in [6.45, 7) is 5.26. The number of esters is 1. The van der Waals surface area contributed by atoms with Gasteiger partial charge in [0.05, 0.1) is 17.3 Å². The van der Waals surface area contributed by atoms with E-state index in [1.54, 1.807) is 30.3 Å². The molecule has 29 heavy (non-hydrogen) atoms. The van der Waals surface area contributed by atoms with Crippen molar-refractivity contribution in [1.29, 1.82) is 0 Å². The fourth-order valence-corrected chi connectivity index (χ4v) is 2.94. The topological polar surface area (TPSA) is 93.7 Å². The van der Waals surface area contributed by atoms with Gasteiger partial charge in [-0.25, -0.2) is 0 Å². The van der Waals surface area contributed by atoms with E-state index < -0.39 is 24.4 Å². The first-order chi connectivity index (χ1) is 13.8. The smallest absolute Gasteiger partial charge is 0.325 e. The van der Waals surface area contributed by atoms with Crippen LogP contribution in [0.4, 0.5) is 5.69 Å². The van der Waals surface area contributed by atoms with Gasteiger partial charge in [0.15, 0.2) is 6.61 Å². The summed E-state index contributed by atoms with van der Waals surface area (Å²) < 4.78 is 10.2. The largest absolute Gasteiger partial charge is 0.494 e. The van der Waals surface area contributed by atoms with Crippen LogP contribution in [-0.4, -0.2) is 37.5 Å². The van der Waals surface area contributed by atoms with Crippen molar-refractivity contribution in [2.75, 3.05) is 25.1 Å². The quantitative estimate of drug-likeness (QED) is 0.642. The third kappa shape index (κ3) is 6.80. The highest BCUT2D eigenvalue weighted by atomic mass is 35.5. The zero-order valence-electron chi connectivity index (χ0n) is 16.5. The van der Waals surface area contributed by atoms with Crippen LogP contribution in [0.3, 0.4) is 0 Å². The predicted octanol–water partition coefficient (Wildman–Crippen LogP) is 3.27. The van der Waals surface area contributed by atoms with Gasteiger partial charge in [-0.15, -0.1) is 0 Å². The lowest BCUT2D eigenvalue weighted by molar-refractivity contribution is -0.146. The van der Waals surface area contributed by atoms with Gasteiger partial charge >= 0.3 is 5.97 Å². The second-order valence-corrected chi connectivity index (χ2v) is 6.69. The summed E-state index contributed by atoms with van der Waals surface area (Å²) in [5, 5.41) is 5.47. The number of carbonyl (C=O) groups excluding carboxylic acids is 3. The number of carbonyl (C=O) groups is 3. The molecule has 0 radical (unpaired) electrons. The minimum absolute atomic E-state index is 0.357. The van der Waals surface area contributed by atoms with E-state index in [9.17, 15) is 14.4 Å². The molecular formula is C21H23ClN2O5. The Labute approximate surface area is 174 Å². The second kappa shape index (κ2) is 10.5. The number of hydrogen-bond donors (Lipinski definition) is 2. The number of halogens is 1. The number of benzene rings is 2. The molecule has 2 rings (SSSR count). The van der Waals surface area contributed by atoms with Crippen molar-refractivity contribution in [3.8, 4) is 5.75 Å². The molecule has 0 bridgehead atoms. The molecule has 0 heterocycles. The second-order valence-electron chi connectivity index (χ2n) is 6.29. The molecule has 0 saturated heterocycles. The monoisotopic (exact) mass is 418 g/mol. The summed E-state index contributed by atoms with van der Waals surface area (Å²) in [5.41, 5.74) is 2.63. The van der Waals surface area contributed by atoms with E-state index in [0.29, 0.717) is 28.6 Å². The van der Waals surface area contributed by atoms with Crippen LogP contribution in [-0.2, 0) is 14.3 Å². The number of amides is 2. The summed E-state index contributed by atoms with van der Waals surface area (Å²) in [6, 6.07) is 10.1. The maximum absolute atomic E-state index is 12.0. The molecule has 0 aliphatic carbocycles. The molecule has 0 saturated carbocycles. The number of rotatable bonds is 8. The summed E-state index contributed by atoms with van der Waals surface area (Å²) in [5.74, 6) is -1.04. The highest BCUT2D eigenvalue weighted by molar-refractivity contribution is 6.34. The fourth-order valence-electron chi connectivity index (χ4n) is 2.57.